The Morgan fingerprint density at radius 3 is 2.62 bits per heavy atom. The van der Waals surface area contributed by atoms with E-state index in [9.17, 15) is 9.59 Å². The number of nitrogens with zero attached hydrogens (tertiary/aromatic N) is 1. The molecule has 1 fully saturated rings. The van der Waals surface area contributed by atoms with Crippen molar-refractivity contribution in [1.82, 2.24) is 4.90 Å². The molecule has 1 aromatic rings. The molecule has 6 heteroatoms. The number of rotatable bonds is 2. The highest BCUT2D eigenvalue weighted by Crippen LogP contribution is 2.24. The molecule has 1 heterocycles. The van der Waals surface area contributed by atoms with Gasteiger partial charge in [-0.15, -0.1) is 0 Å². The topological polar surface area (TPSA) is 58.6 Å². The molecule has 0 aromatic heterocycles. The van der Waals surface area contributed by atoms with Crippen LogP contribution in [-0.4, -0.2) is 35.1 Å². The lowest BCUT2D eigenvalue weighted by atomic mass is 10.0. The Bertz CT molecular complexity index is 625. The SMILES string of the molecule is Cc1cc(Br)ccc1NC(=O)C1CCCCN1C(=O)OC(C)(C)C. The Labute approximate surface area is 151 Å². The van der Waals surface area contributed by atoms with Crippen molar-refractivity contribution in [3.8, 4) is 0 Å². The van der Waals surface area contributed by atoms with Crippen molar-refractivity contribution < 1.29 is 14.3 Å². The first-order valence-electron chi connectivity index (χ1n) is 8.24. The molecule has 1 aliphatic rings. The van der Waals surface area contributed by atoms with E-state index in [1.807, 2.05) is 45.9 Å². The van der Waals surface area contributed by atoms with Crippen molar-refractivity contribution in [3.05, 3.63) is 28.2 Å². The van der Waals surface area contributed by atoms with Crippen LogP contribution in [0.2, 0.25) is 0 Å². The Kier molecular flexibility index (Phi) is 5.91. The maximum atomic E-state index is 12.7. The number of benzene rings is 1. The highest BCUT2D eigenvalue weighted by atomic mass is 79.9. The number of ether oxygens (including phenoxy) is 1. The number of halogens is 1. The zero-order valence-electron chi connectivity index (χ0n) is 14.7. The van der Waals surface area contributed by atoms with E-state index in [1.54, 1.807) is 4.90 Å². The fourth-order valence-corrected chi connectivity index (χ4v) is 3.20. The molecule has 2 rings (SSSR count). The van der Waals surface area contributed by atoms with Crippen LogP contribution in [0, 0.1) is 6.92 Å². The molecule has 0 radical (unpaired) electrons. The minimum Gasteiger partial charge on any atom is -0.444 e. The number of likely N-dealkylation sites (tertiary alicyclic amines) is 1. The number of carbonyl (C=O) groups excluding carboxylic acids is 2. The first-order valence-corrected chi connectivity index (χ1v) is 9.03. The van der Waals surface area contributed by atoms with Gasteiger partial charge in [0.2, 0.25) is 5.91 Å². The predicted molar refractivity (Wildman–Crippen MR) is 98.1 cm³/mol. The van der Waals surface area contributed by atoms with Crippen LogP contribution in [0.3, 0.4) is 0 Å². The van der Waals surface area contributed by atoms with E-state index in [0.29, 0.717) is 13.0 Å². The van der Waals surface area contributed by atoms with Crippen LogP contribution in [0.25, 0.3) is 0 Å². The van der Waals surface area contributed by atoms with Gasteiger partial charge >= 0.3 is 6.09 Å². The third-order valence-electron chi connectivity index (χ3n) is 3.88. The third kappa shape index (κ3) is 4.97. The van der Waals surface area contributed by atoms with E-state index >= 15 is 0 Å². The molecule has 1 saturated heterocycles. The van der Waals surface area contributed by atoms with E-state index in [2.05, 4.69) is 21.2 Å². The molecule has 1 aromatic carbocycles. The smallest absolute Gasteiger partial charge is 0.410 e. The number of carbonyl (C=O) groups is 2. The first kappa shape index (κ1) is 18.8. The second kappa shape index (κ2) is 7.55. The third-order valence-corrected chi connectivity index (χ3v) is 4.37. The molecule has 5 nitrogen and oxygen atoms in total. The number of amides is 2. The molecule has 2 amide bonds. The molecule has 1 atom stereocenters. The fraction of sp³-hybridized carbons (Fsp3) is 0.556. The summed E-state index contributed by atoms with van der Waals surface area (Å²) in [5.74, 6) is -0.161. The van der Waals surface area contributed by atoms with Crippen molar-refractivity contribution in [2.24, 2.45) is 0 Å². The number of hydrogen-bond acceptors (Lipinski definition) is 3. The molecule has 1 aliphatic heterocycles. The average Bonchev–Trinajstić information content (AvgIpc) is 2.48. The summed E-state index contributed by atoms with van der Waals surface area (Å²) >= 11 is 3.41. The van der Waals surface area contributed by atoms with Gasteiger partial charge in [-0.3, -0.25) is 9.69 Å². The fourth-order valence-electron chi connectivity index (χ4n) is 2.73. The second-order valence-corrected chi connectivity index (χ2v) is 8.05. The van der Waals surface area contributed by atoms with Gasteiger partial charge in [0, 0.05) is 16.7 Å². The maximum absolute atomic E-state index is 12.7. The minimum absolute atomic E-state index is 0.161. The predicted octanol–water partition coefficient (Wildman–Crippen LogP) is 4.49. The molecule has 0 aliphatic carbocycles. The van der Waals surface area contributed by atoms with Crippen molar-refractivity contribution in [2.45, 2.75) is 58.6 Å². The van der Waals surface area contributed by atoms with E-state index in [4.69, 9.17) is 4.74 Å². The summed E-state index contributed by atoms with van der Waals surface area (Å²) in [6.45, 7) is 7.97. The summed E-state index contributed by atoms with van der Waals surface area (Å²) in [5.41, 5.74) is 1.16. The van der Waals surface area contributed by atoms with Gasteiger partial charge in [-0.25, -0.2) is 4.79 Å². The monoisotopic (exact) mass is 396 g/mol. The molecule has 0 bridgehead atoms. The highest BCUT2D eigenvalue weighted by molar-refractivity contribution is 9.10. The lowest BCUT2D eigenvalue weighted by molar-refractivity contribution is -0.122. The quantitative estimate of drug-likeness (QED) is 0.800. The van der Waals surface area contributed by atoms with E-state index in [0.717, 1.165) is 28.6 Å². The molecule has 0 saturated carbocycles. The first-order chi connectivity index (χ1) is 11.2. The Hall–Kier alpha value is -1.56. The summed E-state index contributed by atoms with van der Waals surface area (Å²) in [6, 6.07) is 5.20. The summed E-state index contributed by atoms with van der Waals surface area (Å²) in [7, 11) is 0. The second-order valence-electron chi connectivity index (χ2n) is 7.13. The van der Waals surface area contributed by atoms with Crippen LogP contribution in [0.15, 0.2) is 22.7 Å². The number of hydrogen-bond donors (Lipinski definition) is 1. The molecule has 0 spiro atoms. The molecule has 1 unspecified atom stereocenters. The van der Waals surface area contributed by atoms with Crippen LogP contribution < -0.4 is 5.32 Å². The van der Waals surface area contributed by atoms with Crippen LogP contribution in [0.4, 0.5) is 10.5 Å². The van der Waals surface area contributed by atoms with Gasteiger partial charge in [-0.05, 0) is 70.7 Å². The zero-order valence-corrected chi connectivity index (χ0v) is 16.3. The molecule has 1 N–H and O–H groups in total. The molecular weight excluding hydrogens is 372 g/mol. The number of aryl methyl sites for hydroxylation is 1. The maximum Gasteiger partial charge on any atom is 0.410 e. The van der Waals surface area contributed by atoms with Crippen LogP contribution in [-0.2, 0) is 9.53 Å². The van der Waals surface area contributed by atoms with Gasteiger partial charge in [-0.1, -0.05) is 15.9 Å². The zero-order chi connectivity index (χ0) is 17.9. The van der Waals surface area contributed by atoms with E-state index in [1.165, 1.54) is 0 Å². The summed E-state index contributed by atoms with van der Waals surface area (Å²) in [5, 5.41) is 2.95. The number of anilines is 1. The van der Waals surface area contributed by atoms with E-state index in [-0.39, 0.29) is 5.91 Å². The largest absolute Gasteiger partial charge is 0.444 e. The lowest BCUT2D eigenvalue weighted by Gasteiger charge is -2.35. The average molecular weight is 397 g/mol. The van der Waals surface area contributed by atoms with Crippen LogP contribution >= 0.6 is 15.9 Å². The Balaban J connectivity index is 2.11. The molecular formula is C18H25BrN2O3. The Morgan fingerprint density at radius 2 is 2.00 bits per heavy atom. The van der Waals surface area contributed by atoms with E-state index < -0.39 is 17.7 Å². The van der Waals surface area contributed by atoms with Gasteiger partial charge in [0.1, 0.15) is 11.6 Å². The highest BCUT2D eigenvalue weighted by Gasteiger charge is 2.34. The van der Waals surface area contributed by atoms with Crippen molar-refractivity contribution in [3.63, 3.8) is 0 Å². The van der Waals surface area contributed by atoms with Gasteiger partial charge in [0.15, 0.2) is 0 Å². The molecule has 132 valence electrons. The Morgan fingerprint density at radius 1 is 1.29 bits per heavy atom. The van der Waals surface area contributed by atoms with Crippen LogP contribution in [0.1, 0.15) is 45.6 Å². The lowest BCUT2D eigenvalue weighted by Crippen LogP contribution is -2.51. The van der Waals surface area contributed by atoms with Crippen molar-refractivity contribution in [2.75, 3.05) is 11.9 Å². The van der Waals surface area contributed by atoms with Gasteiger partial charge in [0.25, 0.3) is 0 Å². The van der Waals surface area contributed by atoms with Gasteiger partial charge in [-0.2, -0.15) is 0 Å². The van der Waals surface area contributed by atoms with Crippen molar-refractivity contribution >= 4 is 33.6 Å². The minimum atomic E-state index is -0.572. The van der Waals surface area contributed by atoms with Crippen molar-refractivity contribution in [1.29, 1.82) is 0 Å². The number of nitrogens with one attached hydrogen (secondary N) is 1. The van der Waals surface area contributed by atoms with Gasteiger partial charge in [0.05, 0.1) is 0 Å². The van der Waals surface area contributed by atoms with Crippen LogP contribution in [0.5, 0.6) is 0 Å². The summed E-state index contributed by atoms with van der Waals surface area (Å²) in [4.78, 5) is 26.7. The number of piperidine rings is 1. The summed E-state index contributed by atoms with van der Waals surface area (Å²) < 4.78 is 6.41. The normalized spacial score (nSPS) is 18.2. The molecule has 24 heavy (non-hydrogen) atoms. The summed E-state index contributed by atoms with van der Waals surface area (Å²) in [6.07, 6.45) is 2.05. The van der Waals surface area contributed by atoms with Gasteiger partial charge < -0.3 is 10.1 Å². The standard InChI is InChI=1S/C18H25BrN2O3/c1-12-11-13(19)8-9-14(12)20-16(22)15-7-5-6-10-21(15)17(23)24-18(2,3)4/h8-9,11,15H,5-7,10H2,1-4H3,(H,20,22).